The number of thioether (sulfide) groups is 1. The van der Waals surface area contributed by atoms with Gasteiger partial charge >= 0.3 is 0 Å². The highest BCUT2D eigenvalue weighted by molar-refractivity contribution is 7.98. The van der Waals surface area contributed by atoms with Crippen molar-refractivity contribution in [3.8, 4) is 22.8 Å². The summed E-state index contributed by atoms with van der Waals surface area (Å²) >= 11 is 7.53. The standard InChI is InChI=1S/C18H13ClFN5OS/c1-25-16(12-7-3-5-9-14(12)20)22-23-18(25)27-10-15-21-17(26-24-15)11-6-2-4-8-13(11)19/h2-9H,10H2,1H3. The van der Waals surface area contributed by atoms with Crippen LogP contribution in [0, 0.1) is 5.82 Å². The van der Waals surface area contributed by atoms with E-state index in [1.54, 1.807) is 35.9 Å². The molecule has 0 bridgehead atoms. The second kappa shape index (κ2) is 7.50. The Morgan fingerprint density at radius 1 is 1.07 bits per heavy atom. The van der Waals surface area contributed by atoms with Gasteiger partial charge in [-0.05, 0) is 24.3 Å². The van der Waals surface area contributed by atoms with Crippen LogP contribution in [0.25, 0.3) is 22.8 Å². The minimum atomic E-state index is -0.341. The van der Waals surface area contributed by atoms with Gasteiger partial charge in [0.15, 0.2) is 16.8 Å². The molecular formula is C18H13ClFN5OS. The summed E-state index contributed by atoms with van der Waals surface area (Å²) in [6.45, 7) is 0. The van der Waals surface area contributed by atoms with Crippen molar-refractivity contribution in [2.24, 2.45) is 7.05 Å². The largest absolute Gasteiger partial charge is 0.334 e. The summed E-state index contributed by atoms with van der Waals surface area (Å²) in [6, 6.07) is 13.7. The molecule has 0 atom stereocenters. The molecule has 9 heteroatoms. The Morgan fingerprint density at radius 3 is 2.59 bits per heavy atom. The van der Waals surface area contributed by atoms with Crippen molar-refractivity contribution in [3.63, 3.8) is 0 Å². The van der Waals surface area contributed by atoms with E-state index in [2.05, 4.69) is 20.3 Å². The third-order valence-corrected chi connectivity index (χ3v) is 5.20. The van der Waals surface area contributed by atoms with Crippen molar-refractivity contribution in [2.75, 3.05) is 0 Å². The molecule has 4 aromatic rings. The molecule has 0 radical (unpaired) electrons. The van der Waals surface area contributed by atoms with E-state index in [1.165, 1.54) is 17.8 Å². The van der Waals surface area contributed by atoms with Gasteiger partial charge in [-0.1, -0.05) is 52.8 Å². The highest BCUT2D eigenvalue weighted by Crippen LogP contribution is 2.28. The van der Waals surface area contributed by atoms with Gasteiger partial charge in [0.05, 0.1) is 21.9 Å². The smallest absolute Gasteiger partial charge is 0.259 e. The predicted molar refractivity (Wildman–Crippen MR) is 101 cm³/mol. The van der Waals surface area contributed by atoms with Crippen molar-refractivity contribution in [2.45, 2.75) is 10.9 Å². The zero-order valence-electron chi connectivity index (χ0n) is 14.1. The molecule has 27 heavy (non-hydrogen) atoms. The van der Waals surface area contributed by atoms with Gasteiger partial charge in [0.25, 0.3) is 5.89 Å². The van der Waals surface area contributed by atoms with Crippen molar-refractivity contribution in [3.05, 3.63) is 65.2 Å². The van der Waals surface area contributed by atoms with E-state index in [-0.39, 0.29) is 5.82 Å². The predicted octanol–water partition coefficient (Wildman–Crippen LogP) is 4.62. The molecule has 0 aliphatic heterocycles. The van der Waals surface area contributed by atoms with Gasteiger partial charge in [0.1, 0.15) is 5.82 Å². The molecule has 136 valence electrons. The molecule has 0 unspecified atom stereocenters. The number of nitrogens with zero attached hydrogens (tertiary/aromatic N) is 5. The Hall–Kier alpha value is -2.71. The summed E-state index contributed by atoms with van der Waals surface area (Å²) in [5, 5.41) is 13.4. The molecule has 6 nitrogen and oxygen atoms in total. The van der Waals surface area contributed by atoms with Crippen molar-refractivity contribution < 1.29 is 8.91 Å². The fraction of sp³-hybridized carbons (Fsp3) is 0.111. The molecule has 2 heterocycles. The molecule has 0 saturated heterocycles. The Morgan fingerprint density at radius 2 is 1.81 bits per heavy atom. The molecule has 4 rings (SSSR count). The van der Waals surface area contributed by atoms with Crippen molar-refractivity contribution in [1.82, 2.24) is 24.9 Å². The van der Waals surface area contributed by atoms with Crippen LogP contribution < -0.4 is 0 Å². The number of aromatic nitrogens is 5. The number of benzene rings is 2. The number of hydrogen-bond donors (Lipinski definition) is 0. The fourth-order valence-electron chi connectivity index (χ4n) is 2.50. The van der Waals surface area contributed by atoms with Gasteiger partial charge in [-0.25, -0.2) is 4.39 Å². The van der Waals surface area contributed by atoms with E-state index in [1.807, 2.05) is 18.2 Å². The zero-order valence-corrected chi connectivity index (χ0v) is 15.7. The second-order valence-electron chi connectivity index (χ2n) is 5.63. The minimum absolute atomic E-state index is 0.341. The van der Waals surface area contributed by atoms with Crippen LogP contribution in [0.2, 0.25) is 5.02 Å². The summed E-state index contributed by atoms with van der Waals surface area (Å²) in [5.74, 6) is 1.41. The van der Waals surface area contributed by atoms with Crippen LogP contribution in [0.1, 0.15) is 5.82 Å². The molecule has 0 spiro atoms. The molecule has 0 amide bonds. The number of halogens is 2. The zero-order chi connectivity index (χ0) is 18.8. The molecule has 0 aliphatic carbocycles. The fourth-order valence-corrected chi connectivity index (χ4v) is 3.47. The summed E-state index contributed by atoms with van der Waals surface area (Å²) in [6.07, 6.45) is 0. The molecule has 2 aromatic carbocycles. The highest BCUT2D eigenvalue weighted by Gasteiger charge is 2.16. The third kappa shape index (κ3) is 3.58. The van der Waals surface area contributed by atoms with E-state index < -0.39 is 0 Å². The van der Waals surface area contributed by atoms with Crippen LogP contribution in [-0.4, -0.2) is 24.9 Å². The van der Waals surface area contributed by atoms with E-state index in [0.717, 1.165) is 0 Å². The average molecular weight is 402 g/mol. The van der Waals surface area contributed by atoms with Gasteiger partial charge in [-0.3, -0.25) is 0 Å². The molecule has 0 fully saturated rings. The lowest BCUT2D eigenvalue weighted by Gasteiger charge is -2.03. The topological polar surface area (TPSA) is 69.6 Å². The van der Waals surface area contributed by atoms with E-state index in [4.69, 9.17) is 16.1 Å². The van der Waals surface area contributed by atoms with Crippen LogP contribution in [0.15, 0.2) is 58.2 Å². The molecule has 2 aromatic heterocycles. The van der Waals surface area contributed by atoms with Crippen LogP contribution in [0.4, 0.5) is 4.39 Å². The normalized spacial score (nSPS) is 11.1. The lowest BCUT2D eigenvalue weighted by Crippen LogP contribution is -1.97. The van der Waals surface area contributed by atoms with E-state index >= 15 is 0 Å². The molecule has 0 saturated carbocycles. The van der Waals surface area contributed by atoms with Gasteiger partial charge in [-0.15, -0.1) is 10.2 Å². The van der Waals surface area contributed by atoms with Gasteiger partial charge < -0.3 is 9.09 Å². The highest BCUT2D eigenvalue weighted by atomic mass is 35.5. The van der Waals surface area contributed by atoms with Crippen LogP contribution in [0.5, 0.6) is 0 Å². The average Bonchev–Trinajstić information content (AvgIpc) is 3.28. The van der Waals surface area contributed by atoms with Crippen LogP contribution in [-0.2, 0) is 12.8 Å². The lowest BCUT2D eigenvalue weighted by molar-refractivity contribution is 0.425. The first-order valence-corrected chi connectivity index (χ1v) is 9.34. The first-order valence-electron chi connectivity index (χ1n) is 7.98. The van der Waals surface area contributed by atoms with E-state index in [9.17, 15) is 4.39 Å². The molecule has 0 aliphatic rings. The molecule has 0 N–H and O–H groups in total. The summed E-state index contributed by atoms with van der Waals surface area (Å²) in [7, 11) is 1.79. The Balaban J connectivity index is 1.51. The number of hydrogen-bond acceptors (Lipinski definition) is 6. The maximum atomic E-state index is 14.0. The Labute approximate surface area is 163 Å². The van der Waals surface area contributed by atoms with Gasteiger partial charge in [-0.2, -0.15) is 4.98 Å². The lowest BCUT2D eigenvalue weighted by atomic mass is 10.2. The van der Waals surface area contributed by atoms with Gasteiger partial charge in [0, 0.05) is 7.05 Å². The monoisotopic (exact) mass is 401 g/mol. The first-order chi connectivity index (χ1) is 13.1. The maximum Gasteiger partial charge on any atom is 0.259 e. The van der Waals surface area contributed by atoms with Crippen LogP contribution in [0.3, 0.4) is 0 Å². The number of rotatable bonds is 5. The van der Waals surface area contributed by atoms with Crippen molar-refractivity contribution >= 4 is 23.4 Å². The van der Waals surface area contributed by atoms with Gasteiger partial charge in [0.2, 0.25) is 0 Å². The quantitative estimate of drug-likeness (QED) is 0.454. The SMILES string of the molecule is Cn1c(SCc2noc(-c3ccccc3Cl)n2)nnc1-c1ccccc1F. The van der Waals surface area contributed by atoms with Crippen LogP contribution >= 0.6 is 23.4 Å². The minimum Gasteiger partial charge on any atom is -0.334 e. The molecular weight excluding hydrogens is 389 g/mol. The summed E-state index contributed by atoms with van der Waals surface area (Å²) < 4.78 is 21.0. The summed E-state index contributed by atoms with van der Waals surface area (Å²) in [4.78, 5) is 4.36. The second-order valence-corrected chi connectivity index (χ2v) is 6.98. The first kappa shape index (κ1) is 17.7. The Bertz CT molecular complexity index is 1100. The third-order valence-electron chi connectivity index (χ3n) is 3.85. The maximum absolute atomic E-state index is 14.0. The summed E-state index contributed by atoms with van der Waals surface area (Å²) in [5.41, 5.74) is 1.09. The van der Waals surface area contributed by atoms with E-state index in [0.29, 0.717) is 44.6 Å². The van der Waals surface area contributed by atoms with Crippen molar-refractivity contribution in [1.29, 1.82) is 0 Å². The Kier molecular flexibility index (Phi) is 4.91.